The fourth-order valence-electron chi connectivity index (χ4n) is 0.734. The van der Waals surface area contributed by atoms with E-state index < -0.39 is 28.0 Å². The van der Waals surface area contributed by atoms with Crippen LogP contribution < -0.4 is 0 Å². The molecule has 0 aliphatic heterocycles. The Morgan fingerprint density at radius 1 is 1.54 bits per heavy atom. The van der Waals surface area contributed by atoms with E-state index >= 15 is 0 Å². The number of hydrogen-bond donors (Lipinski definition) is 2. The highest BCUT2D eigenvalue weighted by atomic mass is 79.9. The molecule has 4 nitrogen and oxygen atoms in total. The third-order valence-electron chi connectivity index (χ3n) is 1.21. The van der Waals surface area contributed by atoms with E-state index in [0.717, 1.165) is 0 Å². The first-order chi connectivity index (χ1) is 5.84. The molecule has 8 heteroatoms. The molecule has 1 heterocycles. The normalized spacial score (nSPS) is 11.7. The predicted molar refractivity (Wildman–Crippen MR) is 38.2 cm³/mol. The number of aromatic amines is 1. The zero-order chi connectivity index (χ0) is 10.2. The Hall–Kier alpha value is -1.05. The monoisotopic (exact) mass is 258 g/mol. The van der Waals surface area contributed by atoms with Gasteiger partial charge in [0.15, 0.2) is 5.69 Å². The number of carbonyl (C=O) groups is 1. The maximum Gasteiger partial charge on any atom is 0.421 e. The van der Waals surface area contributed by atoms with E-state index in [2.05, 4.69) is 21.0 Å². The summed E-state index contributed by atoms with van der Waals surface area (Å²) in [7, 11) is 0. The van der Waals surface area contributed by atoms with Crippen LogP contribution >= 0.6 is 15.9 Å². The van der Waals surface area contributed by atoms with E-state index in [9.17, 15) is 18.0 Å². The molecule has 0 fully saturated rings. The molecule has 1 rings (SSSR count). The summed E-state index contributed by atoms with van der Waals surface area (Å²) in [6, 6.07) is 0. The van der Waals surface area contributed by atoms with Crippen LogP contribution in [0.1, 0.15) is 16.1 Å². The van der Waals surface area contributed by atoms with Gasteiger partial charge in [0, 0.05) is 0 Å². The number of aromatic nitrogens is 2. The Balaban J connectivity index is 3.33. The molecule has 0 saturated heterocycles. The second kappa shape index (κ2) is 3.02. The number of hydrogen-bond acceptors (Lipinski definition) is 2. The molecule has 1 aromatic heterocycles. The maximum absolute atomic E-state index is 12.1. The minimum atomic E-state index is -4.74. The zero-order valence-electron chi connectivity index (χ0n) is 5.81. The van der Waals surface area contributed by atoms with Gasteiger partial charge in [-0.1, -0.05) is 0 Å². The summed E-state index contributed by atoms with van der Waals surface area (Å²) in [4.78, 5) is 10.3. The number of H-pyrrole nitrogens is 1. The van der Waals surface area contributed by atoms with Crippen molar-refractivity contribution in [3.8, 4) is 0 Å². The Labute approximate surface area is 77.9 Å². The van der Waals surface area contributed by atoms with Crippen LogP contribution in [0.3, 0.4) is 0 Å². The Morgan fingerprint density at radius 2 is 2.08 bits per heavy atom. The molecule has 0 radical (unpaired) electrons. The molecule has 1 aromatic rings. The molecule has 72 valence electrons. The number of nitrogens with zero attached hydrogens (tertiary/aromatic N) is 1. The lowest BCUT2D eigenvalue weighted by Crippen LogP contribution is -2.11. The summed E-state index contributed by atoms with van der Waals surface area (Å²) in [5.74, 6) is -1.73. The van der Waals surface area contributed by atoms with Gasteiger partial charge in [-0.15, -0.1) is 0 Å². The van der Waals surface area contributed by atoms with Crippen LogP contribution in [0.2, 0.25) is 0 Å². The van der Waals surface area contributed by atoms with Gasteiger partial charge in [-0.2, -0.15) is 18.3 Å². The molecule has 0 aliphatic rings. The highest BCUT2D eigenvalue weighted by Crippen LogP contribution is 2.35. The standard InChI is InChI=1S/C5H2BrF3N2O2/c6-3-1(5(7,8)9)2(4(12)13)10-11-3/h(H,10,11)(H,12,13). The van der Waals surface area contributed by atoms with Crippen molar-refractivity contribution in [3.63, 3.8) is 0 Å². The molecule has 0 amide bonds. The smallest absolute Gasteiger partial charge is 0.421 e. The van der Waals surface area contributed by atoms with E-state index in [-0.39, 0.29) is 0 Å². The summed E-state index contributed by atoms with van der Waals surface area (Å²) in [6.07, 6.45) is -4.74. The molecule has 0 aliphatic carbocycles. The van der Waals surface area contributed by atoms with Gasteiger partial charge in [0.25, 0.3) is 0 Å². The number of aromatic carboxylic acids is 1. The first-order valence-corrected chi connectivity index (χ1v) is 3.67. The average Bonchev–Trinajstić information content (AvgIpc) is 2.28. The molecule has 0 saturated carbocycles. The summed E-state index contributed by atoms with van der Waals surface area (Å²) in [6.45, 7) is 0. The van der Waals surface area contributed by atoms with E-state index in [4.69, 9.17) is 5.11 Å². The van der Waals surface area contributed by atoms with Gasteiger partial charge in [0.1, 0.15) is 10.2 Å². The second-order valence-electron chi connectivity index (χ2n) is 2.06. The van der Waals surface area contributed by atoms with Crippen molar-refractivity contribution in [1.82, 2.24) is 10.2 Å². The SMILES string of the molecule is O=C(O)c1n[nH]c(Br)c1C(F)(F)F. The van der Waals surface area contributed by atoms with Crippen molar-refractivity contribution < 1.29 is 23.1 Å². The van der Waals surface area contributed by atoms with Gasteiger partial charge in [-0.05, 0) is 15.9 Å². The highest BCUT2D eigenvalue weighted by Gasteiger charge is 2.40. The molecular formula is C5H2BrF3N2O2. The lowest BCUT2D eigenvalue weighted by Gasteiger charge is -2.04. The van der Waals surface area contributed by atoms with Crippen molar-refractivity contribution in [3.05, 3.63) is 15.9 Å². The van der Waals surface area contributed by atoms with Crippen LogP contribution in [0.15, 0.2) is 4.60 Å². The topological polar surface area (TPSA) is 66.0 Å². The number of carboxylic acids is 1. The number of halogens is 4. The fourth-order valence-corrected chi connectivity index (χ4v) is 1.24. The van der Waals surface area contributed by atoms with Crippen molar-refractivity contribution in [1.29, 1.82) is 0 Å². The van der Waals surface area contributed by atoms with Crippen molar-refractivity contribution in [2.75, 3.05) is 0 Å². The van der Waals surface area contributed by atoms with E-state index in [1.54, 1.807) is 0 Å². The van der Waals surface area contributed by atoms with Crippen molar-refractivity contribution >= 4 is 21.9 Å². The van der Waals surface area contributed by atoms with Gasteiger partial charge in [0.2, 0.25) is 0 Å². The van der Waals surface area contributed by atoms with E-state index in [1.807, 2.05) is 5.10 Å². The predicted octanol–water partition coefficient (Wildman–Crippen LogP) is 1.89. The average molecular weight is 259 g/mol. The zero-order valence-corrected chi connectivity index (χ0v) is 7.40. The third-order valence-corrected chi connectivity index (χ3v) is 1.78. The quantitative estimate of drug-likeness (QED) is 0.809. The molecule has 0 unspecified atom stereocenters. The number of rotatable bonds is 1. The van der Waals surface area contributed by atoms with Crippen LogP contribution in [0.4, 0.5) is 13.2 Å². The molecule has 2 N–H and O–H groups in total. The van der Waals surface area contributed by atoms with E-state index in [1.165, 1.54) is 0 Å². The lowest BCUT2D eigenvalue weighted by molar-refractivity contribution is -0.138. The van der Waals surface area contributed by atoms with Crippen LogP contribution in [0.25, 0.3) is 0 Å². The second-order valence-corrected chi connectivity index (χ2v) is 2.86. The summed E-state index contributed by atoms with van der Waals surface area (Å²) >= 11 is 2.52. The summed E-state index contributed by atoms with van der Waals surface area (Å²) in [5.41, 5.74) is -2.35. The van der Waals surface area contributed by atoms with Gasteiger partial charge < -0.3 is 5.11 Å². The summed E-state index contributed by atoms with van der Waals surface area (Å²) in [5, 5.41) is 13.2. The Kier molecular flexibility index (Phi) is 2.33. The Bertz CT molecular complexity index is 346. The fraction of sp³-hybridized carbons (Fsp3) is 0.200. The molecule has 0 bridgehead atoms. The molecule has 0 aromatic carbocycles. The van der Waals surface area contributed by atoms with E-state index in [0.29, 0.717) is 0 Å². The first-order valence-electron chi connectivity index (χ1n) is 2.88. The largest absolute Gasteiger partial charge is 0.476 e. The van der Waals surface area contributed by atoms with Crippen molar-refractivity contribution in [2.24, 2.45) is 0 Å². The van der Waals surface area contributed by atoms with Gasteiger partial charge >= 0.3 is 12.1 Å². The molecule has 0 atom stereocenters. The van der Waals surface area contributed by atoms with Gasteiger partial charge in [-0.25, -0.2) is 4.79 Å². The molecule has 0 spiro atoms. The maximum atomic E-state index is 12.1. The highest BCUT2D eigenvalue weighted by molar-refractivity contribution is 9.10. The van der Waals surface area contributed by atoms with Crippen LogP contribution in [-0.2, 0) is 6.18 Å². The number of carboxylic acid groups (broad SMARTS) is 1. The number of alkyl halides is 3. The van der Waals surface area contributed by atoms with Gasteiger partial charge in [-0.3, -0.25) is 5.10 Å². The van der Waals surface area contributed by atoms with Gasteiger partial charge in [0.05, 0.1) is 0 Å². The lowest BCUT2D eigenvalue weighted by atomic mass is 10.2. The van der Waals surface area contributed by atoms with Crippen LogP contribution in [0.5, 0.6) is 0 Å². The Morgan fingerprint density at radius 3 is 2.38 bits per heavy atom. The molecular weight excluding hydrogens is 257 g/mol. The van der Waals surface area contributed by atoms with Crippen molar-refractivity contribution in [2.45, 2.75) is 6.18 Å². The molecule has 13 heavy (non-hydrogen) atoms. The van der Waals surface area contributed by atoms with Crippen LogP contribution in [0, 0.1) is 0 Å². The third kappa shape index (κ3) is 1.82. The minimum Gasteiger partial charge on any atom is -0.476 e. The summed E-state index contributed by atoms with van der Waals surface area (Å²) < 4.78 is 36.0. The number of nitrogens with one attached hydrogen (secondary N) is 1. The first kappa shape index (κ1) is 10.0. The van der Waals surface area contributed by atoms with Crippen LogP contribution in [-0.4, -0.2) is 21.3 Å². The minimum absolute atomic E-state index is 0.489.